The van der Waals surface area contributed by atoms with Crippen LogP contribution in [-0.4, -0.2) is 17.7 Å². The number of nitrogens with one attached hydrogen (secondary N) is 3. The first-order valence-corrected chi connectivity index (χ1v) is 8.66. The van der Waals surface area contributed by atoms with Crippen LogP contribution in [0.5, 0.6) is 0 Å². The summed E-state index contributed by atoms with van der Waals surface area (Å²) in [4.78, 5) is 36.6. The summed E-state index contributed by atoms with van der Waals surface area (Å²) in [6, 6.07) is 19.3. The van der Waals surface area contributed by atoms with Gasteiger partial charge >= 0.3 is 11.8 Å². The second kappa shape index (κ2) is 9.18. The Balaban J connectivity index is 1.60. The van der Waals surface area contributed by atoms with Crippen LogP contribution >= 0.6 is 0 Å². The Kier molecular flexibility index (Phi) is 6.20. The van der Waals surface area contributed by atoms with Gasteiger partial charge in [0.05, 0.1) is 24.1 Å². The highest BCUT2D eigenvalue weighted by atomic mass is 16.3. The van der Waals surface area contributed by atoms with Gasteiger partial charge in [0.25, 0.3) is 5.91 Å². The van der Waals surface area contributed by atoms with Gasteiger partial charge < -0.3 is 20.4 Å². The molecule has 3 amide bonds. The third kappa shape index (κ3) is 5.07. The van der Waals surface area contributed by atoms with Crippen LogP contribution in [0.25, 0.3) is 0 Å². The maximum absolute atomic E-state index is 12.5. The molecule has 1 aromatic heterocycles. The molecule has 1 heterocycles. The van der Waals surface area contributed by atoms with E-state index >= 15 is 0 Å². The van der Waals surface area contributed by atoms with E-state index in [1.807, 2.05) is 30.3 Å². The molecular formula is C21H19N3O4. The van der Waals surface area contributed by atoms with Gasteiger partial charge in [-0.2, -0.15) is 0 Å². The summed E-state index contributed by atoms with van der Waals surface area (Å²) in [6.07, 6.45) is 1.48. The second-order valence-electron chi connectivity index (χ2n) is 5.93. The zero-order valence-corrected chi connectivity index (χ0v) is 15.0. The van der Waals surface area contributed by atoms with E-state index in [1.54, 1.807) is 36.4 Å². The minimum absolute atomic E-state index is 0.0957. The Hall–Kier alpha value is -3.87. The number of furan rings is 1. The fourth-order valence-electron chi connectivity index (χ4n) is 2.50. The average Bonchev–Trinajstić information content (AvgIpc) is 3.25. The molecule has 0 aliphatic carbocycles. The van der Waals surface area contributed by atoms with Crippen LogP contribution in [0.4, 0.5) is 5.69 Å². The first kappa shape index (κ1) is 18.9. The number of carbonyl (C=O) groups is 3. The minimum atomic E-state index is -0.866. The minimum Gasteiger partial charge on any atom is -0.467 e. The van der Waals surface area contributed by atoms with Crippen LogP contribution in [0.15, 0.2) is 77.4 Å². The monoisotopic (exact) mass is 377 g/mol. The highest BCUT2D eigenvalue weighted by Gasteiger charge is 2.18. The Morgan fingerprint density at radius 3 is 2.25 bits per heavy atom. The fraction of sp³-hybridized carbons (Fsp3) is 0.0952. The van der Waals surface area contributed by atoms with E-state index in [0.717, 1.165) is 5.56 Å². The topological polar surface area (TPSA) is 100 Å². The molecule has 0 unspecified atom stereocenters. The van der Waals surface area contributed by atoms with Crippen molar-refractivity contribution in [2.75, 3.05) is 5.32 Å². The summed E-state index contributed by atoms with van der Waals surface area (Å²) in [7, 11) is 0. The van der Waals surface area contributed by atoms with Crippen LogP contribution in [0.1, 0.15) is 21.7 Å². The maximum Gasteiger partial charge on any atom is 0.313 e. The standard InChI is InChI=1S/C21H19N3O4/c25-19(22-13-15-7-2-1-3-8-15)17-10-4-5-11-18(17)24-21(27)20(26)23-14-16-9-6-12-28-16/h1-12H,13-14H2,(H,22,25)(H,23,26)(H,24,27). The van der Waals surface area contributed by atoms with Crippen molar-refractivity contribution in [3.05, 3.63) is 89.9 Å². The van der Waals surface area contributed by atoms with E-state index in [9.17, 15) is 14.4 Å². The molecule has 0 atom stereocenters. The first-order valence-electron chi connectivity index (χ1n) is 8.66. The fourth-order valence-corrected chi connectivity index (χ4v) is 2.50. The number of hydrogen-bond donors (Lipinski definition) is 3. The quantitative estimate of drug-likeness (QED) is 0.575. The van der Waals surface area contributed by atoms with Crippen molar-refractivity contribution < 1.29 is 18.8 Å². The van der Waals surface area contributed by atoms with Crippen molar-refractivity contribution >= 4 is 23.4 Å². The molecule has 0 saturated carbocycles. The van der Waals surface area contributed by atoms with E-state index in [0.29, 0.717) is 12.3 Å². The molecule has 3 rings (SSSR count). The smallest absolute Gasteiger partial charge is 0.313 e. The van der Waals surface area contributed by atoms with E-state index < -0.39 is 11.8 Å². The summed E-state index contributed by atoms with van der Waals surface area (Å²) in [5.41, 5.74) is 1.48. The molecule has 0 bridgehead atoms. The van der Waals surface area contributed by atoms with Gasteiger partial charge in [-0.05, 0) is 29.8 Å². The molecule has 0 saturated heterocycles. The number of hydrogen-bond acceptors (Lipinski definition) is 4. The van der Waals surface area contributed by atoms with Crippen LogP contribution in [0, 0.1) is 0 Å². The number of anilines is 1. The van der Waals surface area contributed by atoms with Gasteiger partial charge in [0.2, 0.25) is 0 Å². The van der Waals surface area contributed by atoms with Gasteiger partial charge in [0.15, 0.2) is 0 Å². The van der Waals surface area contributed by atoms with Crippen LogP contribution in [-0.2, 0) is 22.7 Å². The summed E-state index contributed by atoms with van der Waals surface area (Å²) in [5.74, 6) is -1.51. The van der Waals surface area contributed by atoms with Crippen molar-refractivity contribution in [2.24, 2.45) is 0 Å². The zero-order chi connectivity index (χ0) is 19.8. The lowest BCUT2D eigenvalue weighted by Crippen LogP contribution is -2.35. The average molecular weight is 377 g/mol. The molecule has 3 N–H and O–H groups in total. The molecule has 0 fully saturated rings. The van der Waals surface area contributed by atoms with E-state index in [1.165, 1.54) is 6.26 Å². The first-order chi connectivity index (χ1) is 13.6. The van der Waals surface area contributed by atoms with Crippen molar-refractivity contribution in [2.45, 2.75) is 13.1 Å². The summed E-state index contributed by atoms with van der Waals surface area (Å²) in [5, 5.41) is 7.73. The maximum atomic E-state index is 12.5. The molecule has 0 aliphatic heterocycles. The van der Waals surface area contributed by atoms with Gasteiger partial charge in [-0.15, -0.1) is 0 Å². The van der Waals surface area contributed by atoms with E-state index in [-0.39, 0.29) is 23.7 Å². The third-order valence-electron chi connectivity index (χ3n) is 3.93. The van der Waals surface area contributed by atoms with Gasteiger partial charge in [-0.3, -0.25) is 14.4 Å². The highest BCUT2D eigenvalue weighted by molar-refractivity contribution is 6.40. The Morgan fingerprint density at radius 1 is 0.750 bits per heavy atom. The van der Waals surface area contributed by atoms with Crippen LogP contribution in [0.3, 0.4) is 0 Å². The van der Waals surface area contributed by atoms with Gasteiger partial charge in [0.1, 0.15) is 5.76 Å². The molecule has 0 aliphatic rings. The molecule has 3 aromatic rings. The number of carbonyl (C=O) groups excluding carboxylic acids is 3. The molecule has 142 valence electrons. The predicted octanol–water partition coefficient (Wildman–Crippen LogP) is 2.46. The van der Waals surface area contributed by atoms with Crippen molar-refractivity contribution in [3.63, 3.8) is 0 Å². The number of benzene rings is 2. The molecule has 7 heteroatoms. The Labute approximate surface area is 161 Å². The number of amides is 3. The predicted molar refractivity (Wildman–Crippen MR) is 103 cm³/mol. The van der Waals surface area contributed by atoms with Gasteiger partial charge in [-0.1, -0.05) is 42.5 Å². The normalized spacial score (nSPS) is 10.1. The largest absolute Gasteiger partial charge is 0.467 e. The second-order valence-corrected chi connectivity index (χ2v) is 5.93. The molecule has 2 aromatic carbocycles. The number of para-hydroxylation sites is 1. The third-order valence-corrected chi connectivity index (χ3v) is 3.93. The van der Waals surface area contributed by atoms with Crippen molar-refractivity contribution in [1.82, 2.24) is 10.6 Å². The van der Waals surface area contributed by atoms with Crippen LogP contribution < -0.4 is 16.0 Å². The van der Waals surface area contributed by atoms with E-state index in [2.05, 4.69) is 16.0 Å². The summed E-state index contributed by atoms with van der Waals surface area (Å²) >= 11 is 0. The van der Waals surface area contributed by atoms with Crippen LogP contribution in [0.2, 0.25) is 0 Å². The lowest BCUT2D eigenvalue weighted by atomic mass is 10.1. The lowest BCUT2D eigenvalue weighted by molar-refractivity contribution is -0.136. The summed E-state index contributed by atoms with van der Waals surface area (Å²) in [6.45, 7) is 0.448. The summed E-state index contributed by atoms with van der Waals surface area (Å²) < 4.78 is 5.10. The van der Waals surface area contributed by atoms with Gasteiger partial charge in [-0.25, -0.2) is 0 Å². The zero-order valence-electron chi connectivity index (χ0n) is 15.0. The molecule has 7 nitrogen and oxygen atoms in total. The lowest BCUT2D eigenvalue weighted by Gasteiger charge is -2.11. The molecule has 0 spiro atoms. The molecule has 28 heavy (non-hydrogen) atoms. The van der Waals surface area contributed by atoms with E-state index in [4.69, 9.17) is 4.42 Å². The Morgan fingerprint density at radius 2 is 1.50 bits per heavy atom. The van der Waals surface area contributed by atoms with Crippen molar-refractivity contribution in [1.29, 1.82) is 0 Å². The SMILES string of the molecule is O=C(NCc1ccco1)C(=O)Nc1ccccc1C(=O)NCc1ccccc1. The van der Waals surface area contributed by atoms with Crippen molar-refractivity contribution in [3.8, 4) is 0 Å². The molecule has 0 radical (unpaired) electrons. The van der Waals surface area contributed by atoms with Gasteiger partial charge in [0, 0.05) is 6.54 Å². The number of rotatable bonds is 6. The molecular weight excluding hydrogens is 358 g/mol. The highest BCUT2D eigenvalue weighted by Crippen LogP contribution is 2.15. The Bertz CT molecular complexity index is 953.